The molecule has 49 heavy (non-hydrogen) atoms. The number of aromatic amines is 1. The number of fused-ring (bicyclic) bond motifs is 4. The van der Waals surface area contributed by atoms with Crippen LogP contribution in [0.5, 0.6) is 0 Å². The number of hydrogen-bond acceptors (Lipinski definition) is 7. The van der Waals surface area contributed by atoms with Gasteiger partial charge in [0.2, 0.25) is 11.8 Å². The summed E-state index contributed by atoms with van der Waals surface area (Å²) in [5.41, 5.74) is 12.2. The van der Waals surface area contributed by atoms with Crippen LogP contribution < -0.4 is 16.0 Å². The van der Waals surface area contributed by atoms with Gasteiger partial charge in [0.05, 0.1) is 23.2 Å². The standard InChI is InChI=1S/C39H52N6O4/c1-7-26-22-28-29(39(5,6)36-33(34(28)47)27-13-12-25(24-40)21-30(27)43-36)23-31(26)44-15-17-45(18-16-44)32(46)11-8-9-19-49-20-10-14-42-37(48)35(41)38(2,3)4/h12-13,21-23,35,43H,7-11,14-20,41H2,1-6H3,(H,42,48)/t35-/m1/s1. The summed E-state index contributed by atoms with van der Waals surface area (Å²) in [6, 6.07) is 11.4. The van der Waals surface area contributed by atoms with Crippen LogP contribution in [-0.4, -0.2) is 79.5 Å². The second-order valence-corrected chi connectivity index (χ2v) is 15.0. The number of anilines is 1. The third kappa shape index (κ3) is 7.53. The van der Waals surface area contributed by atoms with Gasteiger partial charge in [0.1, 0.15) is 0 Å². The van der Waals surface area contributed by atoms with Crippen molar-refractivity contribution in [3.63, 3.8) is 0 Å². The predicted molar refractivity (Wildman–Crippen MR) is 193 cm³/mol. The molecule has 2 aromatic carbocycles. The van der Waals surface area contributed by atoms with Gasteiger partial charge < -0.3 is 30.6 Å². The van der Waals surface area contributed by atoms with Crippen molar-refractivity contribution < 1.29 is 19.1 Å². The zero-order valence-corrected chi connectivity index (χ0v) is 30.0. The lowest BCUT2D eigenvalue weighted by Crippen LogP contribution is -2.49. The molecule has 10 nitrogen and oxygen atoms in total. The zero-order chi connectivity index (χ0) is 35.5. The SMILES string of the molecule is CCc1cc2c(cc1N1CCN(C(=O)CCCCOCCCNC(=O)[C@@H](N)C(C)(C)C)CC1)C(C)(C)c1[nH]c3cc(C#N)ccc3c1C2=O. The van der Waals surface area contributed by atoms with Crippen LogP contribution >= 0.6 is 0 Å². The molecule has 1 aliphatic heterocycles. The maximum absolute atomic E-state index is 14.0. The molecule has 2 heterocycles. The van der Waals surface area contributed by atoms with Crippen molar-refractivity contribution >= 4 is 34.2 Å². The van der Waals surface area contributed by atoms with Crippen molar-refractivity contribution in [1.82, 2.24) is 15.2 Å². The first-order valence-corrected chi connectivity index (χ1v) is 17.7. The average molecular weight is 669 g/mol. The predicted octanol–water partition coefficient (Wildman–Crippen LogP) is 5.19. The minimum Gasteiger partial charge on any atom is -0.381 e. The van der Waals surface area contributed by atoms with E-state index in [-0.39, 0.29) is 23.0 Å². The van der Waals surface area contributed by atoms with E-state index in [0.717, 1.165) is 77.7 Å². The molecular formula is C39H52N6O4. The van der Waals surface area contributed by atoms with Crippen LogP contribution in [0, 0.1) is 16.7 Å². The molecule has 4 N–H and O–H groups in total. The molecule has 1 fully saturated rings. The Morgan fingerprint density at radius 2 is 1.80 bits per heavy atom. The maximum atomic E-state index is 14.0. The summed E-state index contributed by atoms with van der Waals surface area (Å²) in [7, 11) is 0. The van der Waals surface area contributed by atoms with E-state index in [1.54, 1.807) is 6.07 Å². The first kappa shape index (κ1) is 36.1. The van der Waals surface area contributed by atoms with Gasteiger partial charge in [-0.25, -0.2) is 0 Å². The fourth-order valence-electron chi connectivity index (χ4n) is 6.98. The lowest BCUT2D eigenvalue weighted by Gasteiger charge is -2.39. The molecule has 1 saturated heterocycles. The summed E-state index contributed by atoms with van der Waals surface area (Å²) in [4.78, 5) is 46.9. The Bertz CT molecular complexity index is 1750. The topological polar surface area (TPSA) is 145 Å². The molecular weight excluding hydrogens is 616 g/mol. The second kappa shape index (κ2) is 14.7. The van der Waals surface area contributed by atoms with Gasteiger partial charge in [-0.2, -0.15) is 5.26 Å². The molecule has 1 atom stereocenters. The lowest BCUT2D eigenvalue weighted by molar-refractivity contribution is -0.131. The fraction of sp³-hybridized carbons (Fsp3) is 0.538. The number of aromatic nitrogens is 1. The Balaban J connectivity index is 1.12. The molecule has 1 aromatic heterocycles. The molecule has 0 saturated carbocycles. The Kier molecular flexibility index (Phi) is 10.9. The maximum Gasteiger partial charge on any atom is 0.237 e. The normalized spacial score (nSPS) is 16.2. The molecule has 5 rings (SSSR count). The largest absolute Gasteiger partial charge is 0.381 e. The highest BCUT2D eigenvalue weighted by molar-refractivity contribution is 6.20. The number of nitrogens with two attached hydrogens (primary N) is 1. The highest BCUT2D eigenvalue weighted by Crippen LogP contribution is 2.46. The first-order valence-electron chi connectivity index (χ1n) is 17.7. The van der Waals surface area contributed by atoms with E-state index in [1.807, 2.05) is 37.8 Å². The van der Waals surface area contributed by atoms with Crippen molar-refractivity contribution in [3.8, 4) is 6.07 Å². The summed E-state index contributed by atoms with van der Waals surface area (Å²) in [6.07, 6.45) is 3.61. The summed E-state index contributed by atoms with van der Waals surface area (Å²) < 4.78 is 5.71. The number of benzene rings is 2. The fourth-order valence-corrected chi connectivity index (χ4v) is 6.98. The van der Waals surface area contributed by atoms with Gasteiger partial charge in [-0.15, -0.1) is 0 Å². The zero-order valence-electron chi connectivity index (χ0n) is 30.0. The molecule has 0 spiro atoms. The third-order valence-electron chi connectivity index (χ3n) is 10.2. The number of nitriles is 1. The van der Waals surface area contributed by atoms with Crippen molar-refractivity contribution in [1.29, 1.82) is 5.26 Å². The Labute approximate surface area is 290 Å². The van der Waals surface area contributed by atoms with E-state index in [1.165, 1.54) is 0 Å². The Morgan fingerprint density at radius 1 is 1.08 bits per heavy atom. The highest BCUT2D eigenvalue weighted by Gasteiger charge is 2.40. The van der Waals surface area contributed by atoms with E-state index in [2.05, 4.69) is 54.2 Å². The number of amides is 2. The number of hydrogen-bond donors (Lipinski definition) is 3. The van der Waals surface area contributed by atoms with Crippen molar-refractivity contribution in [2.45, 2.75) is 85.1 Å². The first-order chi connectivity index (χ1) is 23.3. The molecule has 262 valence electrons. The van der Waals surface area contributed by atoms with Crippen molar-refractivity contribution in [2.75, 3.05) is 50.8 Å². The average Bonchev–Trinajstić information content (AvgIpc) is 3.48. The van der Waals surface area contributed by atoms with Gasteiger partial charge in [0, 0.05) is 85.6 Å². The van der Waals surface area contributed by atoms with Crippen LogP contribution in [0.3, 0.4) is 0 Å². The van der Waals surface area contributed by atoms with Gasteiger partial charge >= 0.3 is 0 Å². The smallest absolute Gasteiger partial charge is 0.237 e. The van der Waals surface area contributed by atoms with Gasteiger partial charge in [-0.1, -0.05) is 47.6 Å². The summed E-state index contributed by atoms with van der Waals surface area (Å²) >= 11 is 0. The number of nitrogens with one attached hydrogen (secondary N) is 2. The molecule has 2 aliphatic rings. The van der Waals surface area contributed by atoms with E-state index >= 15 is 0 Å². The Morgan fingerprint density at radius 3 is 2.47 bits per heavy atom. The third-order valence-corrected chi connectivity index (χ3v) is 10.2. The molecule has 3 aromatic rings. The van der Waals surface area contributed by atoms with E-state index in [4.69, 9.17) is 10.5 Å². The number of ether oxygens (including phenoxy) is 1. The van der Waals surface area contributed by atoms with Gasteiger partial charge in [0.25, 0.3) is 0 Å². The quantitative estimate of drug-likeness (QED) is 0.226. The van der Waals surface area contributed by atoms with Crippen LogP contribution in [-0.2, 0) is 26.2 Å². The number of aryl methyl sites for hydroxylation is 1. The van der Waals surface area contributed by atoms with Crippen molar-refractivity contribution in [3.05, 3.63) is 63.8 Å². The minimum atomic E-state index is -0.539. The van der Waals surface area contributed by atoms with Crippen molar-refractivity contribution in [2.24, 2.45) is 11.1 Å². The van der Waals surface area contributed by atoms with Crippen LogP contribution in [0.2, 0.25) is 0 Å². The summed E-state index contributed by atoms with van der Waals surface area (Å²) in [6.45, 7) is 16.7. The Hall–Kier alpha value is -4.20. The van der Waals surface area contributed by atoms with E-state index in [9.17, 15) is 19.6 Å². The molecule has 0 bridgehead atoms. The molecule has 0 unspecified atom stereocenters. The number of rotatable bonds is 12. The molecule has 1 aliphatic carbocycles. The van der Waals surface area contributed by atoms with E-state index < -0.39 is 11.5 Å². The van der Waals surface area contributed by atoms with Gasteiger partial charge in [-0.05, 0) is 66.5 Å². The van der Waals surface area contributed by atoms with Gasteiger partial charge in [0.15, 0.2) is 5.78 Å². The van der Waals surface area contributed by atoms with Gasteiger partial charge in [-0.3, -0.25) is 14.4 Å². The molecule has 2 amide bonds. The number of piperazine rings is 1. The highest BCUT2D eigenvalue weighted by atomic mass is 16.5. The molecule has 0 radical (unpaired) electrons. The number of carbonyl (C=O) groups is 3. The number of ketones is 1. The van der Waals surface area contributed by atoms with Crippen LogP contribution in [0.4, 0.5) is 5.69 Å². The monoisotopic (exact) mass is 668 g/mol. The number of carbonyl (C=O) groups excluding carboxylic acids is 3. The molecule has 10 heteroatoms. The van der Waals surface area contributed by atoms with Crippen LogP contribution in [0.25, 0.3) is 10.9 Å². The lowest BCUT2D eigenvalue weighted by atomic mass is 9.70. The number of unbranched alkanes of at least 4 members (excludes halogenated alkanes) is 1. The summed E-state index contributed by atoms with van der Waals surface area (Å²) in [5, 5.41) is 13.1. The van der Waals surface area contributed by atoms with Crippen LogP contribution in [0.1, 0.15) is 106 Å². The second-order valence-electron chi connectivity index (χ2n) is 15.0. The van der Waals surface area contributed by atoms with Crippen LogP contribution in [0.15, 0.2) is 30.3 Å². The minimum absolute atomic E-state index is 0.0210. The number of nitrogens with zero attached hydrogens (tertiary/aromatic N) is 3. The number of H-pyrrole nitrogens is 1. The summed E-state index contributed by atoms with van der Waals surface area (Å²) in [5.74, 6) is 0.0616. The van der Waals surface area contributed by atoms with E-state index in [0.29, 0.717) is 50.4 Å².